The molecule has 30 heavy (non-hydrogen) atoms. The molecule has 1 atom stereocenters. The van der Waals surface area contributed by atoms with Gasteiger partial charge in [0.1, 0.15) is 11.8 Å². The van der Waals surface area contributed by atoms with Crippen LogP contribution in [0, 0.1) is 13.8 Å². The first-order chi connectivity index (χ1) is 14.3. The van der Waals surface area contributed by atoms with Gasteiger partial charge in [-0.1, -0.05) is 54.8 Å². The molecule has 2 aromatic rings. The first-order valence-electron chi connectivity index (χ1n) is 10.3. The number of nitrogens with one attached hydrogen (secondary N) is 1. The van der Waals surface area contributed by atoms with Gasteiger partial charge in [0, 0.05) is 18.1 Å². The maximum Gasteiger partial charge on any atom is 0.261 e. The van der Waals surface area contributed by atoms with Gasteiger partial charge in [0.2, 0.25) is 5.91 Å². The van der Waals surface area contributed by atoms with Gasteiger partial charge in [-0.25, -0.2) is 0 Å². The maximum absolute atomic E-state index is 13.0. The fraction of sp³-hybridized carbons (Fsp3) is 0.417. The van der Waals surface area contributed by atoms with Crippen LogP contribution in [-0.4, -0.2) is 35.9 Å². The van der Waals surface area contributed by atoms with E-state index in [9.17, 15) is 9.59 Å². The van der Waals surface area contributed by atoms with Crippen LogP contribution in [0.3, 0.4) is 0 Å². The number of unbranched alkanes of at least 4 members (excludes halogenated alkanes) is 1. The first-order valence-corrected chi connectivity index (χ1v) is 10.7. The number of carbonyl (C=O) groups excluding carboxylic acids is 2. The third-order valence-electron chi connectivity index (χ3n) is 4.94. The summed E-state index contributed by atoms with van der Waals surface area (Å²) in [6, 6.07) is 12.5. The lowest BCUT2D eigenvalue weighted by molar-refractivity contribution is -0.142. The molecule has 0 unspecified atom stereocenters. The quantitative estimate of drug-likeness (QED) is 0.557. The number of benzene rings is 2. The van der Waals surface area contributed by atoms with E-state index >= 15 is 0 Å². The van der Waals surface area contributed by atoms with Crippen molar-refractivity contribution in [3.05, 3.63) is 64.2 Å². The summed E-state index contributed by atoms with van der Waals surface area (Å²) in [6.45, 7) is 8.53. The monoisotopic (exact) mass is 430 g/mol. The van der Waals surface area contributed by atoms with Gasteiger partial charge in [-0.05, 0) is 56.5 Å². The van der Waals surface area contributed by atoms with Gasteiger partial charge in [-0.2, -0.15) is 0 Å². The molecule has 5 nitrogen and oxygen atoms in total. The molecule has 0 radical (unpaired) electrons. The summed E-state index contributed by atoms with van der Waals surface area (Å²) in [4.78, 5) is 27.2. The van der Waals surface area contributed by atoms with E-state index in [1.54, 1.807) is 24.0 Å². The van der Waals surface area contributed by atoms with Crippen molar-refractivity contribution in [1.82, 2.24) is 10.2 Å². The molecule has 2 aromatic carbocycles. The molecule has 0 aromatic heterocycles. The van der Waals surface area contributed by atoms with Crippen molar-refractivity contribution >= 4 is 23.4 Å². The highest BCUT2D eigenvalue weighted by Gasteiger charge is 2.26. The minimum absolute atomic E-state index is 0.135. The number of hydrogen-bond acceptors (Lipinski definition) is 3. The van der Waals surface area contributed by atoms with Gasteiger partial charge >= 0.3 is 0 Å². The van der Waals surface area contributed by atoms with E-state index in [0.717, 1.165) is 29.5 Å². The second-order valence-electron chi connectivity index (χ2n) is 7.53. The predicted octanol–water partition coefficient (Wildman–Crippen LogP) is 4.67. The number of carbonyl (C=O) groups is 2. The summed E-state index contributed by atoms with van der Waals surface area (Å²) in [6.07, 6.45) is 1.89. The Morgan fingerprint density at radius 3 is 2.47 bits per heavy atom. The Kier molecular flexibility index (Phi) is 9.18. The van der Waals surface area contributed by atoms with Gasteiger partial charge in [0.25, 0.3) is 5.91 Å². The average molecular weight is 431 g/mol. The Bertz CT molecular complexity index is 852. The highest BCUT2D eigenvalue weighted by Crippen LogP contribution is 2.19. The predicted molar refractivity (Wildman–Crippen MR) is 121 cm³/mol. The van der Waals surface area contributed by atoms with Crippen LogP contribution in [0.25, 0.3) is 0 Å². The smallest absolute Gasteiger partial charge is 0.261 e. The summed E-state index contributed by atoms with van der Waals surface area (Å²) in [5.41, 5.74) is 3.00. The highest BCUT2D eigenvalue weighted by molar-refractivity contribution is 6.30. The minimum Gasteiger partial charge on any atom is -0.483 e. The van der Waals surface area contributed by atoms with Crippen LogP contribution in [0.4, 0.5) is 0 Å². The summed E-state index contributed by atoms with van der Waals surface area (Å²) in [7, 11) is 0. The van der Waals surface area contributed by atoms with E-state index in [4.69, 9.17) is 16.3 Å². The topological polar surface area (TPSA) is 58.6 Å². The third-order valence-corrected chi connectivity index (χ3v) is 5.20. The largest absolute Gasteiger partial charge is 0.483 e. The molecule has 2 amide bonds. The van der Waals surface area contributed by atoms with Crippen LogP contribution in [0.15, 0.2) is 42.5 Å². The molecule has 0 fully saturated rings. The Morgan fingerprint density at radius 2 is 1.83 bits per heavy atom. The molecule has 162 valence electrons. The van der Waals surface area contributed by atoms with Crippen molar-refractivity contribution < 1.29 is 14.3 Å². The van der Waals surface area contributed by atoms with E-state index in [1.807, 2.05) is 44.2 Å². The molecular weight excluding hydrogens is 400 g/mol. The Morgan fingerprint density at radius 1 is 1.13 bits per heavy atom. The number of hydrogen-bond donors (Lipinski definition) is 1. The molecule has 0 saturated carbocycles. The zero-order valence-electron chi connectivity index (χ0n) is 18.2. The van der Waals surface area contributed by atoms with Crippen molar-refractivity contribution in [2.45, 2.75) is 53.1 Å². The molecule has 2 rings (SSSR count). The Labute approximate surface area is 184 Å². The fourth-order valence-electron chi connectivity index (χ4n) is 3.09. The SMILES string of the molecule is CCCCNC(=O)[C@@H](C)N(Cc1ccc(Cl)cc1)C(=O)COc1ccc(C)cc1C. The molecule has 0 aliphatic carbocycles. The molecule has 6 heteroatoms. The summed E-state index contributed by atoms with van der Waals surface area (Å²) in [5.74, 6) is 0.251. The average Bonchev–Trinajstić information content (AvgIpc) is 2.72. The lowest BCUT2D eigenvalue weighted by Crippen LogP contribution is -2.49. The minimum atomic E-state index is -0.618. The van der Waals surface area contributed by atoms with Crippen molar-refractivity contribution in [3.63, 3.8) is 0 Å². The van der Waals surface area contributed by atoms with Crippen LogP contribution in [-0.2, 0) is 16.1 Å². The number of nitrogens with zero attached hydrogens (tertiary/aromatic N) is 1. The van der Waals surface area contributed by atoms with E-state index in [2.05, 4.69) is 12.2 Å². The Balaban J connectivity index is 2.12. The van der Waals surface area contributed by atoms with Gasteiger partial charge in [0.15, 0.2) is 6.61 Å². The normalized spacial score (nSPS) is 11.6. The first kappa shape index (κ1) is 23.7. The lowest BCUT2D eigenvalue weighted by atomic mass is 10.1. The van der Waals surface area contributed by atoms with Crippen LogP contribution in [0.1, 0.15) is 43.4 Å². The van der Waals surface area contributed by atoms with E-state index in [0.29, 0.717) is 23.9 Å². The summed E-state index contributed by atoms with van der Waals surface area (Å²) >= 11 is 5.97. The molecule has 0 spiro atoms. The molecule has 0 heterocycles. The highest BCUT2D eigenvalue weighted by atomic mass is 35.5. The van der Waals surface area contributed by atoms with E-state index in [-0.39, 0.29) is 18.4 Å². The fourth-order valence-corrected chi connectivity index (χ4v) is 3.21. The standard InChI is InChI=1S/C24H31ClN2O3/c1-5-6-13-26-24(29)19(4)27(15-20-8-10-21(25)11-9-20)23(28)16-30-22-12-7-17(2)14-18(22)3/h7-12,14,19H,5-6,13,15-16H2,1-4H3,(H,26,29)/t19-/m1/s1. The second kappa shape index (κ2) is 11.6. The van der Waals surface area contributed by atoms with Crippen molar-refractivity contribution in [2.24, 2.45) is 0 Å². The molecule has 0 aliphatic heterocycles. The number of ether oxygens (including phenoxy) is 1. The third kappa shape index (κ3) is 7.06. The van der Waals surface area contributed by atoms with Crippen LogP contribution < -0.4 is 10.1 Å². The number of amides is 2. The lowest BCUT2D eigenvalue weighted by Gasteiger charge is -2.29. The summed E-state index contributed by atoms with van der Waals surface area (Å²) < 4.78 is 5.78. The number of rotatable bonds is 10. The Hall–Kier alpha value is -2.53. The van der Waals surface area contributed by atoms with Crippen LogP contribution >= 0.6 is 11.6 Å². The van der Waals surface area contributed by atoms with E-state index < -0.39 is 6.04 Å². The van der Waals surface area contributed by atoms with Crippen LogP contribution in [0.2, 0.25) is 5.02 Å². The van der Waals surface area contributed by atoms with Crippen molar-refractivity contribution in [3.8, 4) is 5.75 Å². The molecule has 0 aliphatic rings. The second-order valence-corrected chi connectivity index (χ2v) is 7.96. The molecule has 0 saturated heterocycles. The van der Waals surface area contributed by atoms with Crippen molar-refractivity contribution in [2.75, 3.05) is 13.2 Å². The van der Waals surface area contributed by atoms with Crippen molar-refractivity contribution in [1.29, 1.82) is 0 Å². The molecular formula is C24H31ClN2O3. The van der Waals surface area contributed by atoms with Gasteiger partial charge in [-0.15, -0.1) is 0 Å². The van der Waals surface area contributed by atoms with Crippen LogP contribution in [0.5, 0.6) is 5.75 Å². The molecule has 1 N–H and O–H groups in total. The number of aryl methyl sites for hydroxylation is 2. The van der Waals surface area contributed by atoms with Gasteiger partial charge < -0.3 is 15.0 Å². The summed E-state index contributed by atoms with van der Waals surface area (Å²) in [5, 5.41) is 3.53. The zero-order chi connectivity index (χ0) is 22.1. The van der Waals surface area contributed by atoms with E-state index in [1.165, 1.54) is 0 Å². The van der Waals surface area contributed by atoms with Gasteiger partial charge in [0.05, 0.1) is 0 Å². The zero-order valence-corrected chi connectivity index (χ0v) is 19.0. The number of halogens is 1. The maximum atomic E-state index is 13.0. The van der Waals surface area contributed by atoms with Gasteiger partial charge in [-0.3, -0.25) is 9.59 Å². The molecule has 0 bridgehead atoms.